The number of aromatic nitrogens is 1. The van der Waals surface area contributed by atoms with Gasteiger partial charge < -0.3 is 4.57 Å². The lowest BCUT2D eigenvalue weighted by molar-refractivity contribution is 0.968. The Bertz CT molecular complexity index is 2340. The lowest BCUT2D eigenvalue weighted by Gasteiger charge is -2.35. The summed E-state index contributed by atoms with van der Waals surface area (Å²) in [6.07, 6.45) is 6.84. The summed E-state index contributed by atoms with van der Waals surface area (Å²) in [6, 6.07) is 57.0. The summed E-state index contributed by atoms with van der Waals surface area (Å²) in [5.74, 6) is 0. The van der Waals surface area contributed by atoms with Crippen molar-refractivity contribution in [1.29, 1.82) is 0 Å². The van der Waals surface area contributed by atoms with Gasteiger partial charge in [0, 0.05) is 36.9 Å². The van der Waals surface area contributed by atoms with Crippen LogP contribution in [-0.4, -0.2) is 12.6 Å². The van der Waals surface area contributed by atoms with Gasteiger partial charge in [-0.1, -0.05) is 133 Å². The van der Waals surface area contributed by atoms with Gasteiger partial charge in [0.05, 0.1) is 5.52 Å². The minimum atomic E-state index is -2.80. The van der Waals surface area contributed by atoms with Crippen LogP contribution in [0.4, 0.5) is 0 Å². The zero-order chi connectivity index (χ0) is 29.8. The van der Waals surface area contributed by atoms with Gasteiger partial charge in [-0.3, -0.25) is 0 Å². The Morgan fingerprint density at radius 3 is 2.00 bits per heavy atom. The molecule has 0 spiro atoms. The largest absolute Gasteiger partial charge is 0.310 e. The average Bonchev–Trinajstić information content (AvgIpc) is 3.66. The van der Waals surface area contributed by atoms with Crippen molar-refractivity contribution in [3.8, 4) is 5.69 Å². The molecule has 0 aliphatic heterocycles. The topological polar surface area (TPSA) is 4.93 Å². The molecule has 0 atom stereocenters. The summed E-state index contributed by atoms with van der Waals surface area (Å²) in [4.78, 5) is 0. The average molecular weight is 610 g/mol. The lowest BCUT2D eigenvalue weighted by Crippen LogP contribution is -2.74. The maximum atomic E-state index is 2.51. The Kier molecular flexibility index (Phi) is 6.22. The minimum absolute atomic E-state index is 1.08. The maximum Gasteiger partial charge on any atom is 0.181 e. The van der Waals surface area contributed by atoms with E-state index in [0.717, 1.165) is 12.8 Å². The first-order valence-electron chi connectivity index (χ1n) is 15.8. The quantitative estimate of drug-likeness (QED) is 0.137. The third-order valence-corrected chi connectivity index (χ3v) is 15.8. The summed E-state index contributed by atoms with van der Waals surface area (Å²) in [7, 11) is -2.80. The molecule has 0 radical (unpaired) electrons. The second-order valence-electron chi connectivity index (χ2n) is 12.0. The number of rotatable bonds is 5. The Morgan fingerprint density at radius 1 is 0.556 bits per heavy atom. The molecule has 0 unspecified atom stereocenters. The molecular formula is C42H31NSSi. The number of fused-ring (bicyclic) bond motifs is 6. The van der Waals surface area contributed by atoms with Gasteiger partial charge in [0.15, 0.2) is 8.07 Å². The van der Waals surface area contributed by atoms with E-state index in [2.05, 4.69) is 168 Å². The molecule has 8 aromatic rings. The molecule has 0 saturated heterocycles. The predicted octanol–water partition coefficient (Wildman–Crippen LogP) is 8.34. The van der Waals surface area contributed by atoms with Crippen LogP contribution in [0.2, 0.25) is 0 Å². The van der Waals surface area contributed by atoms with Crippen LogP contribution >= 0.6 is 11.3 Å². The zero-order valence-corrected chi connectivity index (χ0v) is 26.7. The Balaban J connectivity index is 1.41. The first-order valence-corrected chi connectivity index (χ1v) is 18.6. The van der Waals surface area contributed by atoms with E-state index in [-0.39, 0.29) is 0 Å². The fraction of sp³-hybridized carbons (Fsp3) is 0.0476. The molecule has 214 valence electrons. The highest BCUT2D eigenvalue weighted by atomic mass is 32.1. The molecule has 1 aliphatic carbocycles. The standard InChI is InChI=1S/C42H31NSSi/c1-3-16-31(17-4-1)45(32-18-5-2-6-19-32,41-28-14-24-37-36-23-9-12-27-40(36)44-42(37)41)33-20-13-15-30(29-33)43-38-25-10-7-21-34(38)35-22-8-11-26-39(35)43/h1-7,9-21,23-29H,8,22H2. The third-order valence-electron chi connectivity index (χ3n) is 9.62. The maximum absolute atomic E-state index is 2.80. The van der Waals surface area contributed by atoms with Gasteiger partial charge in [-0.2, -0.15) is 0 Å². The summed E-state index contributed by atoms with van der Waals surface area (Å²) in [5.41, 5.74) is 5.29. The van der Waals surface area contributed by atoms with Gasteiger partial charge >= 0.3 is 0 Å². The van der Waals surface area contributed by atoms with Crippen molar-refractivity contribution < 1.29 is 0 Å². The monoisotopic (exact) mass is 609 g/mol. The van der Waals surface area contributed by atoms with Crippen molar-refractivity contribution in [2.45, 2.75) is 12.8 Å². The molecule has 1 nitrogen and oxygen atoms in total. The van der Waals surface area contributed by atoms with Crippen LogP contribution in [0.25, 0.3) is 42.8 Å². The van der Waals surface area contributed by atoms with E-state index in [1.165, 1.54) is 68.8 Å². The summed E-state index contributed by atoms with van der Waals surface area (Å²) >= 11 is 1.94. The van der Waals surface area contributed by atoms with Gasteiger partial charge in [0.2, 0.25) is 0 Å². The van der Waals surface area contributed by atoms with Crippen molar-refractivity contribution in [3.63, 3.8) is 0 Å². The molecule has 0 N–H and O–H groups in total. The SMILES string of the molecule is C1=Cc2c(c3ccccc3n2-c2cccc([Si](c3ccccc3)(c3ccccc3)c3cccc4c3sc3ccccc34)c2)CC1. The highest BCUT2D eigenvalue weighted by molar-refractivity contribution is 7.30. The van der Waals surface area contributed by atoms with Crippen molar-refractivity contribution in [3.05, 3.63) is 169 Å². The number of allylic oxidation sites excluding steroid dienone is 1. The van der Waals surface area contributed by atoms with E-state index in [0.29, 0.717) is 0 Å². The van der Waals surface area contributed by atoms with E-state index in [4.69, 9.17) is 0 Å². The highest BCUT2D eigenvalue weighted by Gasteiger charge is 2.43. The minimum Gasteiger partial charge on any atom is -0.310 e. The van der Waals surface area contributed by atoms with Gasteiger partial charge in [-0.05, 0) is 69.5 Å². The number of para-hydroxylation sites is 1. The normalized spacial score (nSPS) is 13.1. The molecule has 0 amide bonds. The van der Waals surface area contributed by atoms with Crippen LogP contribution in [-0.2, 0) is 6.42 Å². The van der Waals surface area contributed by atoms with Crippen molar-refractivity contribution >= 4 is 77.3 Å². The molecule has 45 heavy (non-hydrogen) atoms. The van der Waals surface area contributed by atoms with Crippen molar-refractivity contribution in [2.75, 3.05) is 0 Å². The molecule has 6 aromatic carbocycles. The fourth-order valence-electron chi connectivity index (χ4n) is 7.73. The van der Waals surface area contributed by atoms with Gasteiger partial charge in [0.1, 0.15) is 0 Å². The van der Waals surface area contributed by atoms with Crippen LogP contribution in [0, 0.1) is 0 Å². The molecule has 0 saturated carbocycles. The van der Waals surface area contributed by atoms with Crippen molar-refractivity contribution in [1.82, 2.24) is 4.57 Å². The Hall–Kier alpha value is -4.96. The molecule has 0 fully saturated rings. The van der Waals surface area contributed by atoms with E-state index in [1.807, 2.05) is 11.3 Å². The summed E-state index contributed by atoms with van der Waals surface area (Å²) in [5, 5.41) is 9.71. The summed E-state index contributed by atoms with van der Waals surface area (Å²) in [6.45, 7) is 0. The van der Waals surface area contributed by atoms with Crippen LogP contribution in [0.3, 0.4) is 0 Å². The second kappa shape index (κ2) is 10.6. The zero-order valence-electron chi connectivity index (χ0n) is 24.9. The number of hydrogen-bond donors (Lipinski definition) is 0. The number of benzene rings is 6. The van der Waals surface area contributed by atoms with E-state index >= 15 is 0 Å². The van der Waals surface area contributed by atoms with Crippen LogP contribution in [0.15, 0.2) is 158 Å². The van der Waals surface area contributed by atoms with Gasteiger partial charge in [0.25, 0.3) is 0 Å². The molecular weight excluding hydrogens is 579 g/mol. The smallest absolute Gasteiger partial charge is 0.181 e. The molecule has 9 rings (SSSR count). The van der Waals surface area contributed by atoms with Crippen molar-refractivity contribution in [2.24, 2.45) is 0 Å². The summed E-state index contributed by atoms with van der Waals surface area (Å²) < 4.78 is 5.24. The molecule has 2 aromatic heterocycles. The van der Waals surface area contributed by atoms with E-state index < -0.39 is 8.07 Å². The number of nitrogens with zero attached hydrogens (tertiary/aromatic N) is 1. The van der Waals surface area contributed by atoms with Crippen LogP contribution in [0.5, 0.6) is 0 Å². The molecule has 0 bridgehead atoms. The van der Waals surface area contributed by atoms with Crippen LogP contribution in [0.1, 0.15) is 17.7 Å². The van der Waals surface area contributed by atoms with Gasteiger partial charge in [-0.15, -0.1) is 11.3 Å². The second-order valence-corrected chi connectivity index (χ2v) is 16.8. The lowest BCUT2D eigenvalue weighted by atomic mass is 10.0. The number of thiophene rings is 1. The molecule has 3 heteroatoms. The Morgan fingerprint density at radius 2 is 1.20 bits per heavy atom. The highest BCUT2D eigenvalue weighted by Crippen LogP contribution is 2.35. The third kappa shape index (κ3) is 3.98. The fourth-order valence-corrected chi connectivity index (χ4v) is 14.3. The van der Waals surface area contributed by atoms with Gasteiger partial charge in [-0.25, -0.2) is 0 Å². The van der Waals surface area contributed by atoms with E-state index in [9.17, 15) is 0 Å². The first kappa shape index (κ1) is 26.4. The molecule has 2 heterocycles. The predicted molar refractivity (Wildman–Crippen MR) is 197 cm³/mol. The Labute approximate surface area is 268 Å². The number of aryl methyl sites for hydroxylation is 1. The first-order chi connectivity index (χ1) is 22.3. The molecule has 1 aliphatic rings. The number of hydrogen-bond acceptors (Lipinski definition) is 1. The van der Waals surface area contributed by atoms with Crippen LogP contribution < -0.4 is 20.7 Å². The van der Waals surface area contributed by atoms with E-state index in [1.54, 1.807) is 0 Å².